The molecule has 0 radical (unpaired) electrons. The molecule has 1 aromatic heterocycles. The Hall–Kier alpha value is -1.96. The van der Waals surface area contributed by atoms with Crippen LogP contribution in [0.1, 0.15) is 55.0 Å². The van der Waals surface area contributed by atoms with Crippen LogP contribution in [0.15, 0.2) is 30.3 Å². The van der Waals surface area contributed by atoms with Gasteiger partial charge in [0, 0.05) is 25.7 Å². The van der Waals surface area contributed by atoms with Crippen LogP contribution in [0.25, 0.3) is 0 Å². The monoisotopic (exact) mass is 391 g/mol. The van der Waals surface area contributed by atoms with Gasteiger partial charge in [-0.05, 0) is 25.3 Å². The van der Waals surface area contributed by atoms with Gasteiger partial charge < -0.3 is 19.9 Å². The average molecular weight is 392 g/mol. The van der Waals surface area contributed by atoms with E-state index >= 15 is 0 Å². The molecule has 0 unspecified atom stereocenters. The van der Waals surface area contributed by atoms with E-state index in [2.05, 4.69) is 21.7 Å². The number of hydrogen-bond acceptors (Lipinski definition) is 5. The number of halogens is 1. The van der Waals surface area contributed by atoms with Gasteiger partial charge in [0.1, 0.15) is 11.9 Å². The zero-order valence-corrected chi connectivity index (χ0v) is 16.3. The molecule has 8 heteroatoms. The summed E-state index contributed by atoms with van der Waals surface area (Å²) in [6.45, 7) is 4.75. The Kier molecular flexibility index (Phi) is 6.14. The Balaban J connectivity index is 0.00000210. The molecule has 2 aliphatic rings. The summed E-state index contributed by atoms with van der Waals surface area (Å²) < 4.78 is 7.68. The van der Waals surface area contributed by atoms with E-state index in [0.29, 0.717) is 19.0 Å². The van der Waals surface area contributed by atoms with Crippen molar-refractivity contribution in [2.75, 3.05) is 19.8 Å². The van der Waals surface area contributed by atoms with Crippen LogP contribution in [-0.4, -0.2) is 45.3 Å². The highest BCUT2D eigenvalue weighted by Crippen LogP contribution is 2.31. The van der Waals surface area contributed by atoms with Crippen molar-refractivity contribution >= 4 is 18.3 Å². The fourth-order valence-corrected chi connectivity index (χ4v) is 3.96. The SMILES string of the molecule is C[C@H]1CN(C(=O)[C@H](N)c2ccccc2)Cc2nnc(C3CCOCC3)n21.Cl. The first kappa shape index (κ1) is 19.8. The molecule has 3 heterocycles. The van der Waals surface area contributed by atoms with Gasteiger partial charge in [0.05, 0.1) is 12.6 Å². The molecule has 0 aliphatic carbocycles. The minimum atomic E-state index is -0.646. The number of nitrogens with two attached hydrogens (primary N) is 1. The first-order valence-corrected chi connectivity index (χ1v) is 9.26. The molecule has 2 atom stereocenters. The zero-order chi connectivity index (χ0) is 18.1. The maximum absolute atomic E-state index is 12.9. The molecular weight excluding hydrogens is 366 g/mol. The average Bonchev–Trinajstić information content (AvgIpc) is 3.13. The molecule has 146 valence electrons. The van der Waals surface area contributed by atoms with Gasteiger partial charge in [0.25, 0.3) is 0 Å². The van der Waals surface area contributed by atoms with Crippen molar-refractivity contribution in [1.82, 2.24) is 19.7 Å². The molecule has 2 N–H and O–H groups in total. The molecule has 0 saturated carbocycles. The van der Waals surface area contributed by atoms with Crippen LogP contribution >= 0.6 is 12.4 Å². The first-order chi connectivity index (χ1) is 12.6. The summed E-state index contributed by atoms with van der Waals surface area (Å²) in [5, 5.41) is 8.84. The van der Waals surface area contributed by atoms with Crippen LogP contribution in [0.3, 0.4) is 0 Å². The maximum atomic E-state index is 12.9. The third-order valence-electron chi connectivity index (χ3n) is 5.37. The molecule has 2 aliphatic heterocycles. The number of nitrogens with zero attached hydrogens (tertiary/aromatic N) is 4. The van der Waals surface area contributed by atoms with Crippen LogP contribution in [-0.2, 0) is 16.1 Å². The van der Waals surface area contributed by atoms with E-state index in [9.17, 15) is 4.79 Å². The van der Waals surface area contributed by atoms with E-state index in [4.69, 9.17) is 10.5 Å². The summed E-state index contributed by atoms with van der Waals surface area (Å²) in [7, 11) is 0. The molecule has 0 bridgehead atoms. The summed E-state index contributed by atoms with van der Waals surface area (Å²) in [5.41, 5.74) is 7.04. The Morgan fingerprint density at radius 1 is 1.22 bits per heavy atom. The Bertz CT molecular complexity index is 776. The standard InChI is InChI=1S/C19H25N5O2.ClH/c1-13-11-23(19(25)17(20)14-5-3-2-4-6-14)12-16-21-22-18(24(13)16)15-7-9-26-10-8-15;/h2-6,13,15,17H,7-12,20H2,1H3;1H/t13-,17+;/m0./s1. The Labute approximate surface area is 165 Å². The zero-order valence-electron chi connectivity index (χ0n) is 15.5. The largest absolute Gasteiger partial charge is 0.381 e. The smallest absolute Gasteiger partial charge is 0.244 e. The summed E-state index contributed by atoms with van der Waals surface area (Å²) in [4.78, 5) is 14.7. The van der Waals surface area contributed by atoms with E-state index in [-0.39, 0.29) is 24.4 Å². The molecule has 27 heavy (non-hydrogen) atoms. The summed E-state index contributed by atoms with van der Waals surface area (Å²) in [6, 6.07) is 9.00. The normalized spacial score (nSPS) is 21.3. The van der Waals surface area contributed by atoms with Gasteiger partial charge in [0.15, 0.2) is 5.82 Å². The van der Waals surface area contributed by atoms with Gasteiger partial charge in [-0.25, -0.2) is 0 Å². The Morgan fingerprint density at radius 2 is 1.93 bits per heavy atom. The second-order valence-corrected chi connectivity index (χ2v) is 7.19. The molecule has 1 saturated heterocycles. The predicted octanol–water partition coefficient (Wildman–Crippen LogP) is 2.20. The van der Waals surface area contributed by atoms with Crippen molar-refractivity contribution in [2.45, 2.75) is 44.3 Å². The van der Waals surface area contributed by atoms with Crippen LogP contribution < -0.4 is 5.73 Å². The number of hydrogen-bond donors (Lipinski definition) is 1. The number of ether oxygens (including phenoxy) is 1. The minimum absolute atomic E-state index is 0. The second-order valence-electron chi connectivity index (χ2n) is 7.19. The van der Waals surface area contributed by atoms with E-state index < -0.39 is 6.04 Å². The molecule has 2 aromatic rings. The lowest BCUT2D eigenvalue weighted by Gasteiger charge is -2.35. The second kappa shape index (κ2) is 8.37. The van der Waals surface area contributed by atoms with Crippen LogP contribution in [0.2, 0.25) is 0 Å². The lowest BCUT2D eigenvalue weighted by molar-refractivity contribution is -0.134. The molecule has 1 amide bonds. The minimum Gasteiger partial charge on any atom is -0.381 e. The number of rotatable bonds is 3. The van der Waals surface area contributed by atoms with Gasteiger partial charge in [0.2, 0.25) is 5.91 Å². The number of benzene rings is 1. The molecular formula is C19H26ClN5O2. The van der Waals surface area contributed by atoms with Crippen molar-refractivity contribution in [2.24, 2.45) is 5.73 Å². The fourth-order valence-electron chi connectivity index (χ4n) is 3.96. The summed E-state index contributed by atoms with van der Waals surface area (Å²) >= 11 is 0. The van der Waals surface area contributed by atoms with Crippen molar-refractivity contribution in [3.05, 3.63) is 47.5 Å². The Morgan fingerprint density at radius 3 is 2.63 bits per heavy atom. The third-order valence-corrected chi connectivity index (χ3v) is 5.37. The topological polar surface area (TPSA) is 86.3 Å². The number of amides is 1. The number of carbonyl (C=O) groups is 1. The fraction of sp³-hybridized carbons (Fsp3) is 0.526. The summed E-state index contributed by atoms with van der Waals surface area (Å²) in [6.07, 6.45) is 1.96. The van der Waals surface area contributed by atoms with E-state index in [0.717, 1.165) is 43.3 Å². The number of fused-ring (bicyclic) bond motifs is 1. The highest BCUT2D eigenvalue weighted by Gasteiger charge is 2.33. The van der Waals surface area contributed by atoms with Gasteiger partial charge in [-0.1, -0.05) is 30.3 Å². The van der Waals surface area contributed by atoms with Crippen molar-refractivity contribution in [3.63, 3.8) is 0 Å². The van der Waals surface area contributed by atoms with Crippen LogP contribution in [0.4, 0.5) is 0 Å². The molecule has 4 rings (SSSR count). The van der Waals surface area contributed by atoms with Gasteiger partial charge >= 0.3 is 0 Å². The first-order valence-electron chi connectivity index (χ1n) is 9.26. The van der Waals surface area contributed by atoms with E-state index in [1.54, 1.807) is 4.90 Å². The van der Waals surface area contributed by atoms with Crippen molar-refractivity contribution in [1.29, 1.82) is 0 Å². The predicted molar refractivity (Wildman–Crippen MR) is 104 cm³/mol. The molecule has 7 nitrogen and oxygen atoms in total. The lowest BCUT2D eigenvalue weighted by atomic mass is 9.98. The lowest BCUT2D eigenvalue weighted by Crippen LogP contribution is -2.44. The van der Waals surface area contributed by atoms with E-state index in [1.165, 1.54) is 0 Å². The highest BCUT2D eigenvalue weighted by molar-refractivity contribution is 5.85. The van der Waals surface area contributed by atoms with Gasteiger partial charge in [-0.3, -0.25) is 4.79 Å². The highest BCUT2D eigenvalue weighted by atomic mass is 35.5. The summed E-state index contributed by atoms with van der Waals surface area (Å²) in [5.74, 6) is 2.21. The van der Waals surface area contributed by atoms with Crippen LogP contribution in [0, 0.1) is 0 Å². The van der Waals surface area contributed by atoms with Crippen molar-refractivity contribution in [3.8, 4) is 0 Å². The molecule has 1 fully saturated rings. The number of carbonyl (C=O) groups excluding carboxylic acids is 1. The van der Waals surface area contributed by atoms with Crippen molar-refractivity contribution < 1.29 is 9.53 Å². The van der Waals surface area contributed by atoms with E-state index in [1.807, 2.05) is 30.3 Å². The quantitative estimate of drug-likeness (QED) is 0.866. The van der Waals surface area contributed by atoms with Gasteiger partial charge in [-0.2, -0.15) is 0 Å². The third kappa shape index (κ3) is 3.85. The van der Waals surface area contributed by atoms with Crippen LogP contribution in [0.5, 0.6) is 0 Å². The molecule has 0 spiro atoms. The maximum Gasteiger partial charge on any atom is 0.244 e. The molecule has 1 aromatic carbocycles. The number of aromatic nitrogens is 3. The van der Waals surface area contributed by atoms with Gasteiger partial charge in [-0.15, -0.1) is 22.6 Å².